The van der Waals surface area contributed by atoms with Crippen LogP contribution in [0.4, 0.5) is 0 Å². The Labute approximate surface area is 132 Å². The second kappa shape index (κ2) is 6.13. The van der Waals surface area contributed by atoms with Crippen molar-refractivity contribution in [3.63, 3.8) is 0 Å². The van der Waals surface area contributed by atoms with Crippen LogP contribution in [-0.2, 0) is 22.0 Å². The van der Waals surface area contributed by atoms with Crippen LogP contribution < -0.4 is 0 Å². The van der Waals surface area contributed by atoms with E-state index < -0.39 is 10.8 Å². The van der Waals surface area contributed by atoms with Crippen molar-refractivity contribution >= 4 is 28.5 Å². The highest BCUT2D eigenvalue weighted by molar-refractivity contribution is 8.00. The van der Waals surface area contributed by atoms with Gasteiger partial charge in [0, 0.05) is 29.1 Å². The summed E-state index contributed by atoms with van der Waals surface area (Å²) in [5.41, 5.74) is 2.47. The molecule has 0 unspecified atom stereocenters. The molecule has 3 nitrogen and oxygen atoms in total. The molecule has 1 amide bonds. The zero-order valence-corrected chi connectivity index (χ0v) is 14.1. The fraction of sp³-hybridized carbons (Fsp3) is 0.562. The van der Waals surface area contributed by atoms with Crippen LogP contribution >= 0.6 is 11.8 Å². The van der Waals surface area contributed by atoms with E-state index >= 15 is 0 Å². The number of hydrogen-bond acceptors (Lipinski definition) is 3. The number of nitrogens with zero attached hydrogens (tertiary/aromatic N) is 1. The Kier molecular flexibility index (Phi) is 4.41. The Hall–Kier alpha value is -0.810. The summed E-state index contributed by atoms with van der Waals surface area (Å²) in [7, 11) is -0.803. The van der Waals surface area contributed by atoms with Crippen LogP contribution in [0.3, 0.4) is 0 Å². The first-order valence-electron chi connectivity index (χ1n) is 7.46. The highest BCUT2D eigenvalue weighted by atomic mass is 32.2. The van der Waals surface area contributed by atoms with Gasteiger partial charge in [-0.3, -0.25) is 9.00 Å². The summed E-state index contributed by atoms with van der Waals surface area (Å²) in [6, 6.07) is 8.34. The molecule has 2 aliphatic heterocycles. The minimum absolute atomic E-state index is 0.0572. The highest BCUT2D eigenvalue weighted by Crippen LogP contribution is 2.38. The first kappa shape index (κ1) is 15.1. The van der Waals surface area contributed by atoms with Gasteiger partial charge < -0.3 is 4.90 Å². The van der Waals surface area contributed by atoms with Gasteiger partial charge in [-0.15, -0.1) is 11.8 Å². The monoisotopic (exact) mass is 323 g/mol. The highest BCUT2D eigenvalue weighted by Gasteiger charge is 2.37. The van der Waals surface area contributed by atoms with Crippen molar-refractivity contribution < 1.29 is 9.00 Å². The second-order valence-electron chi connectivity index (χ2n) is 5.76. The van der Waals surface area contributed by atoms with E-state index in [1.165, 1.54) is 11.1 Å². The maximum Gasteiger partial charge on any atom is 0.240 e. The molecule has 0 radical (unpaired) electrons. The normalized spacial score (nSPS) is 32.6. The number of carbonyl (C=O) groups excluding carboxylic acids is 1. The number of rotatable bonds is 1. The van der Waals surface area contributed by atoms with Crippen LogP contribution in [0.25, 0.3) is 0 Å². The number of hydrogen-bond donors (Lipinski definition) is 0. The lowest BCUT2D eigenvalue weighted by Gasteiger charge is -2.40. The fourth-order valence-corrected chi connectivity index (χ4v) is 5.71. The van der Waals surface area contributed by atoms with Gasteiger partial charge in [-0.2, -0.15) is 0 Å². The van der Waals surface area contributed by atoms with E-state index in [9.17, 15) is 9.00 Å². The van der Waals surface area contributed by atoms with Gasteiger partial charge in [0.2, 0.25) is 5.91 Å². The molecular weight excluding hydrogens is 302 g/mol. The Morgan fingerprint density at radius 3 is 2.90 bits per heavy atom. The first-order chi connectivity index (χ1) is 10.1. The summed E-state index contributed by atoms with van der Waals surface area (Å²) in [5.74, 6) is 1.80. The quantitative estimate of drug-likeness (QED) is 0.796. The molecule has 5 heteroatoms. The first-order valence-corrected chi connectivity index (χ1v) is 9.89. The van der Waals surface area contributed by atoms with E-state index in [2.05, 4.69) is 12.1 Å². The van der Waals surface area contributed by atoms with Crippen LogP contribution in [-0.4, -0.2) is 44.4 Å². The Balaban J connectivity index is 1.85. The number of carbonyl (C=O) groups is 1. The molecule has 1 aromatic rings. The summed E-state index contributed by atoms with van der Waals surface area (Å²) < 4.78 is 11.9. The van der Waals surface area contributed by atoms with Crippen molar-refractivity contribution in [3.05, 3.63) is 35.4 Å². The lowest BCUT2D eigenvalue weighted by Crippen LogP contribution is -2.53. The van der Waals surface area contributed by atoms with Gasteiger partial charge in [0.25, 0.3) is 0 Å². The molecule has 1 fully saturated rings. The van der Waals surface area contributed by atoms with Crippen molar-refractivity contribution in [1.82, 2.24) is 4.90 Å². The molecule has 0 saturated carbocycles. The number of benzene rings is 1. The van der Waals surface area contributed by atoms with Gasteiger partial charge in [0.1, 0.15) is 5.25 Å². The Bertz CT molecular complexity index is 575. The molecule has 4 atom stereocenters. The predicted octanol–water partition coefficient (Wildman–Crippen LogP) is 2.38. The molecule has 2 aliphatic rings. The summed E-state index contributed by atoms with van der Waals surface area (Å²) in [5, 5.41) is -0.0253. The average Bonchev–Trinajstić information content (AvgIpc) is 2.51. The lowest BCUT2D eigenvalue weighted by molar-refractivity contribution is -0.132. The van der Waals surface area contributed by atoms with Crippen LogP contribution in [0, 0.1) is 0 Å². The zero-order chi connectivity index (χ0) is 15.0. The molecule has 1 aromatic carbocycles. The molecule has 1 saturated heterocycles. The van der Waals surface area contributed by atoms with Gasteiger partial charge in [0.05, 0.1) is 5.25 Å². The van der Waals surface area contributed by atoms with Crippen molar-refractivity contribution in [2.24, 2.45) is 0 Å². The second-order valence-corrected chi connectivity index (χ2v) is 8.89. The van der Waals surface area contributed by atoms with E-state index in [0.29, 0.717) is 12.3 Å². The Morgan fingerprint density at radius 2 is 2.10 bits per heavy atom. The molecule has 0 N–H and O–H groups in total. The fourth-order valence-electron chi connectivity index (χ4n) is 3.11. The van der Waals surface area contributed by atoms with E-state index in [1.807, 2.05) is 30.9 Å². The summed E-state index contributed by atoms with van der Waals surface area (Å²) >= 11 is 1.74. The maximum atomic E-state index is 13.0. The van der Waals surface area contributed by atoms with Gasteiger partial charge in [-0.05, 0) is 37.1 Å². The molecule has 2 heterocycles. The third kappa shape index (κ3) is 2.78. The smallest absolute Gasteiger partial charge is 0.240 e. The Morgan fingerprint density at radius 1 is 1.33 bits per heavy atom. The van der Waals surface area contributed by atoms with E-state index in [0.717, 1.165) is 12.2 Å². The lowest BCUT2D eigenvalue weighted by atomic mass is 10.0. The SMILES string of the molecule is C[C@@H]1[C@H](C)[S@](=O)CCN1C(=O)[C@@H]1SCCc2ccccc21. The topological polar surface area (TPSA) is 37.4 Å². The molecule has 0 aromatic heterocycles. The number of fused-ring (bicyclic) bond motifs is 1. The average molecular weight is 323 g/mol. The third-order valence-corrected chi connectivity index (χ3v) is 7.66. The molecule has 0 spiro atoms. The van der Waals surface area contributed by atoms with Crippen LogP contribution in [0.1, 0.15) is 30.2 Å². The molecule has 3 rings (SSSR count). The van der Waals surface area contributed by atoms with Crippen LogP contribution in [0.2, 0.25) is 0 Å². The van der Waals surface area contributed by atoms with E-state index in [1.54, 1.807) is 11.8 Å². The number of aryl methyl sites for hydroxylation is 1. The predicted molar refractivity (Wildman–Crippen MR) is 89.0 cm³/mol. The van der Waals surface area contributed by atoms with Crippen molar-refractivity contribution in [2.45, 2.75) is 36.8 Å². The largest absolute Gasteiger partial charge is 0.337 e. The third-order valence-electron chi connectivity index (χ3n) is 4.62. The van der Waals surface area contributed by atoms with Crippen LogP contribution in [0.15, 0.2) is 24.3 Å². The standard InChI is InChI=1S/C16H21NO2S2/c1-11-12(2)21(19)10-8-17(11)16(18)15-14-6-4-3-5-13(14)7-9-20-15/h3-6,11-12,15H,7-10H2,1-2H3/t11-,12+,15-,21-/m1/s1. The minimum Gasteiger partial charge on any atom is -0.337 e. The summed E-state index contributed by atoms with van der Waals surface area (Å²) in [6.07, 6.45) is 1.04. The molecule has 114 valence electrons. The maximum absolute atomic E-state index is 13.0. The van der Waals surface area contributed by atoms with Crippen molar-refractivity contribution in [2.75, 3.05) is 18.1 Å². The van der Waals surface area contributed by atoms with E-state index in [4.69, 9.17) is 0 Å². The van der Waals surface area contributed by atoms with E-state index in [-0.39, 0.29) is 22.4 Å². The summed E-state index contributed by atoms with van der Waals surface area (Å²) in [6.45, 7) is 4.64. The van der Waals surface area contributed by atoms with Crippen molar-refractivity contribution in [1.29, 1.82) is 0 Å². The van der Waals surface area contributed by atoms with Gasteiger partial charge in [0.15, 0.2) is 0 Å². The van der Waals surface area contributed by atoms with Crippen LogP contribution in [0.5, 0.6) is 0 Å². The van der Waals surface area contributed by atoms with Gasteiger partial charge >= 0.3 is 0 Å². The molecule has 21 heavy (non-hydrogen) atoms. The van der Waals surface area contributed by atoms with Crippen molar-refractivity contribution in [3.8, 4) is 0 Å². The number of amides is 1. The molecule has 0 bridgehead atoms. The molecular formula is C16H21NO2S2. The van der Waals surface area contributed by atoms with Gasteiger partial charge in [-0.1, -0.05) is 24.3 Å². The molecule has 0 aliphatic carbocycles. The number of thioether (sulfide) groups is 1. The van der Waals surface area contributed by atoms with Gasteiger partial charge in [-0.25, -0.2) is 0 Å². The zero-order valence-electron chi connectivity index (χ0n) is 12.5. The minimum atomic E-state index is -0.803. The summed E-state index contributed by atoms with van der Waals surface area (Å²) in [4.78, 5) is 14.9.